The first-order valence-electron chi connectivity index (χ1n) is 12.3. The second-order valence-corrected chi connectivity index (χ2v) is 9.51. The van der Waals surface area contributed by atoms with Gasteiger partial charge in [-0.1, -0.05) is 24.3 Å². The Morgan fingerprint density at radius 2 is 1.81 bits per heavy atom. The molecular weight excluding hydrogens is 473 g/mol. The zero-order valence-electron chi connectivity index (χ0n) is 20.0. The van der Waals surface area contributed by atoms with Crippen molar-refractivity contribution in [1.82, 2.24) is 5.32 Å². The lowest BCUT2D eigenvalue weighted by Gasteiger charge is -2.26. The summed E-state index contributed by atoms with van der Waals surface area (Å²) in [5.41, 5.74) is -0.0602. The Morgan fingerprint density at radius 3 is 2.47 bits per heavy atom. The van der Waals surface area contributed by atoms with Crippen molar-refractivity contribution in [3.05, 3.63) is 59.7 Å². The molecule has 2 aliphatic heterocycles. The summed E-state index contributed by atoms with van der Waals surface area (Å²) < 4.78 is 50.5. The molecule has 4 rings (SSSR count). The van der Waals surface area contributed by atoms with E-state index in [4.69, 9.17) is 9.47 Å². The second kappa shape index (κ2) is 11.4. The third kappa shape index (κ3) is 6.44. The molecule has 9 heteroatoms. The van der Waals surface area contributed by atoms with Crippen LogP contribution in [0.15, 0.2) is 48.5 Å². The minimum atomic E-state index is -4.45. The number of carbonyl (C=O) groups excluding carboxylic acids is 2. The SMILES string of the molecule is O=C(CCC[C@@]1(C(=O)NCc2ccc(Nc3ccccc3C(F)(F)F)cc2)CCOC1)C1CCOC1. The summed E-state index contributed by atoms with van der Waals surface area (Å²) in [5, 5.41) is 5.80. The lowest BCUT2D eigenvalue weighted by atomic mass is 9.80. The number of ketones is 1. The fraction of sp³-hybridized carbons (Fsp3) is 0.481. The number of benzene rings is 2. The summed E-state index contributed by atoms with van der Waals surface area (Å²) in [6, 6.07) is 12.2. The van der Waals surface area contributed by atoms with Gasteiger partial charge in [-0.15, -0.1) is 0 Å². The van der Waals surface area contributed by atoms with Crippen LogP contribution in [0, 0.1) is 11.3 Å². The highest BCUT2D eigenvalue weighted by atomic mass is 19.4. The Morgan fingerprint density at radius 1 is 1.03 bits per heavy atom. The van der Waals surface area contributed by atoms with Gasteiger partial charge in [-0.2, -0.15) is 13.2 Å². The van der Waals surface area contributed by atoms with E-state index in [-0.39, 0.29) is 23.3 Å². The third-order valence-electron chi connectivity index (χ3n) is 6.97. The Hall–Kier alpha value is -2.91. The van der Waals surface area contributed by atoms with E-state index >= 15 is 0 Å². The van der Waals surface area contributed by atoms with Crippen LogP contribution >= 0.6 is 0 Å². The number of amides is 1. The molecule has 2 aromatic rings. The number of carbonyl (C=O) groups is 2. The lowest BCUT2D eigenvalue weighted by molar-refractivity contribution is -0.137. The van der Waals surface area contributed by atoms with Gasteiger partial charge in [-0.25, -0.2) is 0 Å². The van der Waals surface area contributed by atoms with Gasteiger partial charge < -0.3 is 20.1 Å². The molecule has 36 heavy (non-hydrogen) atoms. The fourth-order valence-corrected chi connectivity index (χ4v) is 4.76. The van der Waals surface area contributed by atoms with Gasteiger partial charge in [-0.05, 0) is 55.5 Å². The van der Waals surface area contributed by atoms with Crippen molar-refractivity contribution in [3.8, 4) is 0 Å². The highest BCUT2D eigenvalue weighted by molar-refractivity contribution is 5.84. The van der Waals surface area contributed by atoms with Crippen LogP contribution in [0.5, 0.6) is 0 Å². The summed E-state index contributed by atoms with van der Waals surface area (Å²) in [6.45, 7) is 2.27. The quantitative estimate of drug-likeness (QED) is 0.462. The van der Waals surface area contributed by atoms with E-state index in [2.05, 4.69) is 10.6 Å². The van der Waals surface area contributed by atoms with Gasteiger partial charge in [-0.3, -0.25) is 9.59 Å². The summed E-state index contributed by atoms with van der Waals surface area (Å²) in [5.74, 6) is 0.0838. The standard InChI is InChI=1S/C27H31F3N2O4/c28-27(29,30)22-4-1-2-5-23(22)32-21-9-7-19(8-10-21)16-31-25(34)26(13-15-36-18-26)12-3-6-24(33)20-11-14-35-17-20/h1-2,4-5,7-10,20,32H,3,6,11-18H2,(H,31,34)/t20?,26-/m1/s1. The highest BCUT2D eigenvalue weighted by Crippen LogP contribution is 2.36. The average Bonchev–Trinajstić information content (AvgIpc) is 3.56. The Kier molecular flexibility index (Phi) is 8.31. The zero-order chi connectivity index (χ0) is 25.6. The molecule has 0 spiro atoms. The molecule has 6 nitrogen and oxygen atoms in total. The number of alkyl halides is 3. The Labute approximate surface area is 208 Å². The molecule has 2 N–H and O–H groups in total. The Balaban J connectivity index is 1.30. The summed E-state index contributed by atoms with van der Waals surface area (Å²) in [7, 11) is 0. The van der Waals surface area contributed by atoms with Crippen LogP contribution in [0.2, 0.25) is 0 Å². The maximum absolute atomic E-state index is 13.2. The van der Waals surface area contributed by atoms with Crippen LogP contribution in [-0.2, 0) is 31.8 Å². The molecular formula is C27H31F3N2O4. The van der Waals surface area contributed by atoms with Crippen molar-refractivity contribution < 1.29 is 32.2 Å². The molecule has 0 aliphatic carbocycles. The highest BCUT2D eigenvalue weighted by Gasteiger charge is 2.41. The summed E-state index contributed by atoms with van der Waals surface area (Å²) in [4.78, 5) is 25.4. The molecule has 2 atom stereocenters. The number of nitrogens with one attached hydrogen (secondary N) is 2. The van der Waals surface area contributed by atoms with E-state index in [1.807, 2.05) is 0 Å². The molecule has 0 radical (unpaired) electrons. The molecule has 0 saturated carbocycles. The predicted octanol–water partition coefficient (Wildman–Crippen LogP) is 5.25. The van der Waals surface area contributed by atoms with E-state index in [1.54, 1.807) is 30.3 Å². The average molecular weight is 505 g/mol. The molecule has 2 aliphatic rings. The number of halogens is 3. The number of para-hydroxylation sites is 1. The van der Waals surface area contributed by atoms with Gasteiger partial charge in [0.15, 0.2) is 0 Å². The molecule has 0 aromatic heterocycles. The van der Waals surface area contributed by atoms with Crippen LogP contribution in [-0.4, -0.2) is 38.1 Å². The van der Waals surface area contributed by atoms with Crippen molar-refractivity contribution in [2.75, 3.05) is 31.7 Å². The number of hydrogen-bond acceptors (Lipinski definition) is 5. The van der Waals surface area contributed by atoms with Gasteiger partial charge in [0.1, 0.15) is 5.78 Å². The molecule has 2 fully saturated rings. The van der Waals surface area contributed by atoms with E-state index in [0.29, 0.717) is 64.3 Å². The van der Waals surface area contributed by atoms with Crippen LogP contribution in [0.25, 0.3) is 0 Å². The number of Topliss-reactive ketones (excluding diaryl/α,β-unsaturated/α-hetero) is 1. The molecule has 0 bridgehead atoms. The van der Waals surface area contributed by atoms with E-state index < -0.39 is 17.2 Å². The van der Waals surface area contributed by atoms with Crippen LogP contribution < -0.4 is 10.6 Å². The molecule has 2 saturated heterocycles. The van der Waals surface area contributed by atoms with Gasteiger partial charge in [0, 0.05) is 37.8 Å². The topological polar surface area (TPSA) is 76.7 Å². The van der Waals surface area contributed by atoms with Gasteiger partial charge >= 0.3 is 6.18 Å². The predicted molar refractivity (Wildman–Crippen MR) is 129 cm³/mol. The smallest absolute Gasteiger partial charge is 0.381 e. The number of anilines is 2. The van der Waals surface area contributed by atoms with Crippen molar-refractivity contribution in [2.45, 2.75) is 44.8 Å². The fourth-order valence-electron chi connectivity index (χ4n) is 4.76. The lowest BCUT2D eigenvalue weighted by Crippen LogP contribution is -2.41. The first-order chi connectivity index (χ1) is 17.3. The minimum Gasteiger partial charge on any atom is -0.381 e. The van der Waals surface area contributed by atoms with Crippen molar-refractivity contribution >= 4 is 23.1 Å². The second-order valence-electron chi connectivity index (χ2n) is 9.51. The van der Waals surface area contributed by atoms with Crippen LogP contribution in [0.1, 0.15) is 43.2 Å². The first kappa shape index (κ1) is 26.2. The monoisotopic (exact) mass is 504 g/mol. The first-order valence-corrected chi connectivity index (χ1v) is 12.3. The third-order valence-corrected chi connectivity index (χ3v) is 6.97. The van der Waals surface area contributed by atoms with Crippen molar-refractivity contribution in [2.24, 2.45) is 11.3 Å². The van der Waals surface area contributed by atoms with E-state index in [9.17, 15) is 22.8 Å². The normalized spacial score (nSPS) is 21.9. The molecule has 194 valence electrons. The van der Waals surface area contributed by atoms with E-state index in [1.165, 1.54) is 12.1 Å². The largest absolute Gasteiger partial charge is 0.418 e. The molecule has 1 unspecified atom stereocenters. The van der Waals surface area contributed by atoms with Crippen LogP contribution in [0.3, 0.4) is 0 Å². The summed E-state index contributed by atoms with van der Waals surface area (Å²) in [6.07, 6.45) is -1.41. The minimum absolute atomic E-state index is 0.0194. The molecule has 2 aromatic carbocycles. The Bertz CT molecular complexity index is 1040. The van der Waals surface area contributed by atoms with Gasteiger partial charge in [0.05, 0.1) is 29.9 Å². The van der Waals surface area contributed by atoms with Crippen molar-refractivity contribution in [1.29, 1.82) is 0 Å². The maximum Gasteiger partial charge on any atom is 0.418 e. The van der Waals surface area contributed by atoms with Crippen molar-refractivity contribution in [3.63, 3.8) is 0 Å². The number of hydrogen-bond donors (Lipinski definition) is 2. The van der Waals surface area contributed by atoms with E-state index in [0.717, 1.165) is 18.1 Å². The van der Waals surface area contributed by atoms with Gasteiger partial charge in [0.2, 0.25) is 5.91 Å². The molecule has 2 heterocycles. The molecule has 1 amide bonds. The number of rotatable bonds is 10. The van der Waals surface area contributed by atoms with Gasteiger partial charge in [0.25, 0.3) is 0 Å². The number of ether oxygens (including phenoxy) is 2. The zero-order valence-corrected chi connectivity index (χ0v) is 20.0. The van der Waals surface area contributed by atoms with Crippen LogP contribution in [0.4, 0.5) is 24.5 Å². The summed E-state index contributed by atoms with van der Waals surface area (Å²) >= 11 is 0. The maximum atomic E-state index is 13.2.